The maximum Gasteiger partial charge on any atom is 0.306 e. The van der Waals surface area contributed by atoms with E-state index in [-0.39, 0.29) is 5.92 Å². The molecule has 0 aliphatic carbocycles. The minimum atomic E-state index is -0.735. The summed E-state index contributed by atoms with van der Waals surface area (Å²) >= 11 is 7.25. The molecule has 0 saturated heterocycles. The molecule has 0 amide bonds. The van der Waals surface area contributed by atoms with Crippen LogP contribution in [-0.4, -0.2) is 17.6 Å². The summed E-state index contributed by atoms with van der Waals surface area (Å²) in [4.78, 5) is 12.1. The summed E-state index contributed by atoms with van der Waals surface area (Å²) in [7, 11) is 0. The number of unbranched alkanes of at least 4 members (excludes halogenated alkanes) is 1. The highest BCUT2D eigenvalue weighted by molar-refractivity contribution is 7.16. The van der Waals surface area contributed by atoms with Gasteiger partial charge in [0.05, 0.1) is 10.3 Å². The van der Waals surface area contributed by atoms with E-state index in [1.165, 1.54) is 11.3 Å². The molecule has 1 unspecified atom stereocenters. The van der Waals surface area contributed by atoms with E-state index in [9.17, 15) is 4.79 Å². The second kappa shape index (κ2) is 6.89. The lowest BCUT2D eigenvalue weighted by Gasteiger charge is -2.10. The number of aliphatic carboxylic acids is 1. The molecular weight excluding hydrogens is 246 g/mol. The van der Waals surface area contributed by atoms with E-state index < -0.39 is 5.97 Å². The Balaban J connectivity index is 2.47. The van der Waals surface area contributed by atoms with E-state index in [0.29, 0.717) is 23.7 Å². The van der Waals surface area contributed by atoms with Gasteiger partial charge in [0.15, 0.2) is 0 Å². The van der Waals surface area contributed by atoms with Gasteiger partial charge in [0, 0.05) is 4.88 Å². The van der Waals surface area contributed by atoms with Crippen molar-refractivity contribution in [1.29, 1.82) is 0 Å². The molecule has 1 aromatic rings. The fourth-order valence-corrected chi connectivity index (χ4v) is 2.72. The first-order valence-electron chi connectivity index (χ1n) is 5.30. The van der Waals surface area contributed by atoms with Crippen molar-refractivity contribution in [3.05, 3.63) is 21.3 Å². The van der Waals surface area contributed by atoms with Crippen molar-refractivity contribution in [3.8, 4) is 0 Å². The van der Waals surface area contributed by atoms with Gasteiger partial charge in [0.2, 0.25) is 0 Å². The van der Waals surface area contributed by atoms with Crippen molar-refractivity contribution in [1.82, 2.24) is 0 Å². The second-order valence-electron chi connectivity index (χ2n) is 3.73. The summed E-state index contributed by atoms with van der Waals surface area (Å²) in [5, 5.41) is 9.08. The third kappa shape index (κ3) is 4.51. The van der Waals surface area contributed by atoms with Crippen LogP contribution in [0.15, 0.2) is 12.1 Å². The first-order chi connectivity index (χ1) is 7.63. The van der Waals surface area contributed by atoms with Gasteiger partial charge in [-0.1, -0.05) is 18.0 Å². The highest BCUT2D eigenvalue weighted by Crippen LogP contribution is 2.25. The van der Waals surface area contributed by atoms with Crippen molar-refractivity contribution in [2.24, 2.45) is 11.7 Å². The first-order valence-corrected chi connectivity index (χ1v) is 6.50. The summed E-state index contributed by atoms with van der Waals surface area (Å²) in [5.41, 5.74) is 5.38. The van der Waals surface area contributed by atoms with Crippen LogP contribution in [0.4, 0.5) is 0 Å². The molecule has 0 radical (unpaired) electrons. The lowest BCUT2D eigenvalue weighted by Crippen LogP contribution is -2.16. The van der Waals surface area contributed by atoms with E-state index in [1.807, 2.05) is 6.07 Å². The number of hydrogen-bond donors (Lipinski definition) is 2. The Labute approximate surface area is 104 Å². The van der Waals surface area contributed by atoms with E-state index >= 15 is 0 Å². The monoisotopic (exact) mass is 261 g/mol. The molecule has 5 heteroatoms. The van der Waals surface area contributed by atoms with Crippen LogP contribution < -0.4 is 5.73 Å². The number of rotatable bonds is 7. The van der Waals surface area contributed by atoms with Crippen LogP contribution in [0.5, 0.6) is 0 Å². The molecule has 1 aromatic heterocycles. The van der Waals surface area contributed by atoms with Crippen LogP contribution in [0.3, 0.4) is 0 Å². The molecule has 0 aliphatic rings. The Morgan fingerprint density at radius 3 is 2.75 bits per heavy atom. The van der Waals surface area contributed by atoms with Crippen LogP contribution in [0, 0.1) is 5.92 Å². The fourth-order valence-electron chi connectivity index (χ4n) is 1.55. The van der Waals surface area contributed by atoms with Crippen molar-refractivity contribution in [2.75, 3.05) is 6.54 Å². The van der Waals surface area contributed by atoms with Crippen LogP contribution in [0.1, 0.15) is 24.1 Å². The summed E-state index contributed by atoms with van der Waals surface area (Å²) < 4.78 is 0.709. The number of thiophene rings is 1. The van der Waals surface area contributed by atoms with Gasteiger partial charge in [0.25, 0.3) is 0 Å². The predicted molar refractivity (Wildman–Crippen MR) is 67.1 cm³/mol. The molecular formula is C11H16ClNO2S. The predicted octanol–water partition coefficient (Wildman–Crippen LogP) is 2.77. The lowest BCUT2D eigenvalue weighted by molar-refractivity contribution is -0.141. The van der Waals surface area contributed by atoms with Gasteiger partial charge in [-0.3, -0.25) is 4.79 Å². The molecule has 1 rings (SSSR count). The average Bonchev–Trinajstić information content (AvgIpc) is 2.63. The Kier molecular flexibility index (Phi) is 5.80. The number of carbonyl (C=O) groups is 1. The number of carboxylic acid groups (broad SMARTS) is 1. The van der Waals surface area contributed by atoms with Crippen molar-refractivity contribution < 1.29 is 9.90 Å². The molecule has 0 fully saturated rings. The standard InChI is InChI=1S/C11H16ClNO2S/c12-10-5-4-9(16-10)7-8(11(14)15)3-1-2-6-13/h4-5,8H,1-3,6-7,13H2,(H,14,15). The minimum absolute atomic E-state index is 0.318. The molecule has 0 spiro atoms. The van der Waals surface area contributed by atoms with Crippen molar-refractivity contribution >= 4 is 28.9 Å². The largest absolute Gasteiger partial charge is 0.481 e. The Hall–Kier alpha value is -0.580. The topological polar surface area (TPSA) is 63.3 Å². The Morgan fingerprint density at radius 2 is 2.25 bits per heavy atom. The number of nitrogens with two attached hydrogens (primary N) is 1. The highest BCUT2D eigenvalue weighted by Gasteiger charge is 2.18. The van der Waals surface area contributed by atoms with Crippen molar-refractivity contribution in [3.63, 3.8) is 0 Å². The minimum Gasteiger partial charge on any atom is -0.481 e. The van der Waals surface area contributed by atoms with Gasteiger partial charge in [0.1, 0.15) is 0 Å². The zero-order valence-electron chi connectivity index (χ0n) is 8.99. The number of hydrogen-bond acceptors (Lipinski definition) is 3. The summed E-state index contributed by atoms with van der Waals surface area (Å²) in [6, 6.07) is 3.70. The van der Waals surface area contributed by atoms with Gasteiger partial charge < -0.3 is 10.8 Å². The molecule has 0 saturated carbocycles. The number of halogens is 1. The van der Waals surface area contributed by atoms with Gasteiger partial charge in [-0.2, -0.15) is 0 Å². The molecule has 16 heavy (non-hydrogen) atoms. The normalized spacial score (nSPS) is 12.6. The lowest BCUT2D eigenvalue weighted by atomic mass is 9.98. The van der Waals surface area contributed by atoms with Gasteiger partial charge in [-0.25, -0.2) is 0 Å². The molecule has 0 aliphatic heterocycles. The zero-order valence-corrected chi connectivity index (χ0v) is 10.6. The third-order valence-electron chi connectivity index (χ3n) is 2.43. The first kappa shape index (κ1) is 13.5. The van der Waals surface area contributed by atoms with E-state index in [1.54, 1.807) is 6.07 Å². The maximum absolute atomic E-state index is 11.0. The fraction of sp³-hybridized carbons (Fsp3) is 0.545. The summed E-state index contributed by atoms with van der Waals surface area (Å²) in [6.45, 7) is 0.622. The van der Waals surface area contributed by atoms with Crippen LogP contribution in [0.25, 0.3) is 0 Å². The Morgan fingerprint density at radius 1 is 1.50 bits per heavy atom. The maximum atomic E-state index is 11.0. The third-order valence-corrected chi connectivity index (χ3v) is 3.69. The molecule has 3 nitrogen and oxygen atoms in total. The SMILES string of the molecule is NCCCCC(Cc1ccc(Cl)s1)C(=O)O. The van der Waals surface area contributed by atoms with Crippen LogP contribution in [-0.2, 0) is 11.2 Å². The average molecular weight is 262 g/mol. The molecule has 3 N–H and O–H groups in total. The zero-order chi connectivity index (χ0) is 12.0. The molecule has 90 valence electrons. The van der Waals surface area contributed by atoms with E-state index in [2.05, 4.69) is 0 Å². The smallest absolute Gasteiger partial charge is 0.306 e. The quantitative estimate of drug-likeness (QED) is 0.742. The van der Waals surface area contributed by atoms with Crippen molar-refractivity contribution in [2.45, 2.75) is 25.7 Å². The molecule has 0 bridgehead atoms. The highest BCUT2D eigenvalue weighted by atomic mass is 35.5. The van der Waals surface area contributed by atoms with Crippen LogP contribution >= 0.6 is 22.9 Å². The van der Waals surface area contributed by atoms with Gasteiger partial charge in [-0.05, 0) is 37.9 Å². The van der Waals surface area contributed by atoms with Gasteiger partial charge >= 0.3 is 5.97 Å². The summed E-state index contributed by atoms with van der Waals surface area (Å²) in [5.74, 6) is -1.05. The molecule has 0 aromatic carbocycles. The van der Waals surface area contributed by atoms with E-state index in [4.69, 9.17) is 22.4 Å². The van der Waals surface area contributed by atoms with Crippen LogP contribution in [0.2, 0.25) is 4.34 Å². The van der Waals surface area contributed by atoms with Gasteiger partial charge in [-0.15, -0.1) is 11.3 Å². The molecule has 1 atom stereocenters. The number of carboxylic acids is 1. The Bertz CT molecular complexity index is 340. The van der Waals surface area contributed by atoms with E-state index in [0.717, 1.165) is 17.7 Å². The second-order valence-corrected chi connectivity index (χ2v) is 5.53. The summed E-state index contributed by atoms with van der Waals surface area (Å²) in [6.07, 6.45) is 3.00. The molecule has 1 heterocycles.